The van der Waals surface area contributed by atoms with Gasteiger partial charge in [-0.1, -0.05) is 13.0 Å². The summed E-state index contributed by atoms with van der Waals surface area (Å²) in [5.74, 6) is 0.0131. The lowest BCUT2D eigenvalue weighted by atomic mass is 9.95. The quantitative estimate of drug-likeness (QED) is 0.728. The number of hydrogen-bond acceptors (Lipinski definition) is 2. The minimum Gasteiger partial charge on any atom is -0.507 e. The van der Waals surface area contributed by atoms with E-state index in [9.17, 15) is 9.90 Å². The first kappa shape index (κ1) is 9.25. The molecule has 1 aromatic rings. The second-order valence-corrected chi connectivity index (χ2v) is 4.35. The van der Waals surface area contributed by atoms with Gasteiger partial charge in [0.25, 0.3) is 0 Å². The minimum atomic E-state index is -0.0754. The number of carbonyl (C=O) groups is 1. The van der Waals surface area contributed by atoms with Crippen LogP contribution in [0.3, 0.4) is 0 Å². The van der Waals surface area contributed by atoms with Crippen LogP contribution in [0.2, 0.25) is 0 Å². The van der Waals surface area contributed by atoms with Crippen molar-refractivity contribution >= 4 is 5.78 Å². The molecule has 1 aromatic carbocycles. The molecular formula is C12H14O2. The zero-order valence-corrected chi connectivity index (χ0v) is 8.50. The Morgan fingerprint density at radius 1 is 1.43 bits per heavy atom. The van der Waals surface area contributed by atoms with Gasteiger partial charge in [-0.15, -0.1) is 0 Å². The smallest absolute Gasteiger partial charge is 0.163 e. The molecule has 1 N–H and O–H groups in total. The van der Waals surface area contributed by atoms with Crippen molar-refractivity contribution in [1.29, 1.82) is 0 Å². The fourth-order valence-electron chi connectivity index (χ4n) is 1.67. The summed E-state index contributed by atoms with van der Waals surface area (Å²) in [6, 6.07) is 5.36. The van der Waals surface area contributed by atoms with Crippen molar-refractivity contribution in [3.05, 3.63) is 29.3 Å². The first-order valence-electron chi connectivity index (χ1n) is 4.87. The van der Waals surface area contributed by atoms with Gasteiger partial charge in [-0.05, 0) is 42.9 Å². The summed E-state index contributed by atoms with van der Waals surface area (Å²) in [5, 5.41) is 9.47. The summed E-state index contributed by atoms with van der Waals surface area (Å²) in [4.78, 5) is 11.2. The van der Waals surface area contributed by atoms with Crippen molar-refractivity contribution in [3.8, 4) is 5.75 Å². The predicted molar refractivity (Wildman–Crippen MR) is 54.7 cm³/mol. The highest BCUT2D eigenvalue weighted by Gasteiger charge is 2.39. The molecule has 1 saturated carbocycles. The van der Waals surface area contributed by atoms with E-state index in [0.29, 0.717) is 5.56 Å². The molecule has 0 radical (unpaired) electrons. The van der Waals surface area contributed by atoms with Crippen LogP contribution in [-0.2, 0) is 5.41 Å². The van der Waals surface area contributed by atoms with E-state index >= 15 is 0 Å². The van der Waals surface area contributed by atoms with E-state index in [1.807, 2.05) is 12.1 Å². The first-order chi connectivity index (χ1) is 6.53. The first-order valence-corrected chi connectivity index (χ1v) is 4.87. The van der Waals surface area contributed by atoms with Gasteiger partial charge in [0, 0.05) is 0 Å². The fourth-order valence-corrected chi connectivity index (χ4v) is 1.67. The van der Waals surface area contributed by atoms with Crippen LogP contribution in [-0.4, -0.2) is 10.9 Å². The second-order valence-electron chi connectivity index (χ2n) is 4.35. The summed E-state index contributed by atoms with van der Waals surface area (Å²) >= 11 is 0. The van der Waals surface area contributed by atoms with Crippen molar-refractivity contribution in [2.75, 3.05) is 0 Å². The summed E-state index contributed by atoms with van der Waals surface area (Å²) in [6.45, 7) is 3.66. The van der Waals surface area contributed by atoms with Crippen LogP contribution in [0.5, 0.6) is 5.75 Å². The Hall–Kier alpha value is -1.31. The van der Waals surface area contributed by atoms with Gasteiger partial charge < -0.3 is 5.11 Å². The molecule has 74 valence electrons. The summed E-state index contributed by atoms with van der Waals surface area (Å²) in [7, 11) is 0. The molecule has 0 bridgehead atoms. The van der Waals surface area contributed by atoms with E-state index in [0.717, 1.165) is 0 Å². The Kier molecular flexibility index (Phi) is 1.88. The number of benzene rings is 1. The average molecular weight is 190 g/mol. The lowest BCUT2D eigenvalue weighted by molar-refractivity contribution is 0.101. The van der Waals surface area contributed by atoms with Crippen LogP contribution in [0.15, 0.2) is 18.2 Å². The third kappa shape index (κ3) is 1.41. The number of ketones is 1. The van der Waals surface area contributed by atoms with E-state index in [4.69, 9.17) is 0 Å². The standard InChI is InChI=1S/C12H14O2/c1-8(13)10-7-9(3-4-11(10)14)12(2)5-6-12/h3-4,7,14H,5-6H2,1-2H3. The van der Waals surface area contributed by atoms with Crippen LogP contribution in [0.4, 0.5) is 0 Å². The monoisotopic (exact) mass is 190 g/mol. The molecule has 0 unspecified atom stereocenters. The molecule has 0 spiro atoms. The maximum atomic E-state index is 11.2. The van der Waals surface area contributed by atoms with Crippen LogP contribution in [0.1, 0.15) is 42.6 Å². The molecule has 0 amide bonds. The number of carbonyl (C=O) groups excluding carboxylic acids is 1. The van der Waals surface area contributed by atoms with E-state index in [-0.39, 0.29) is 16.9 Å². The Morgan fingerprint density at radius 3 is 2.57 bits per heavy atom. The topological polar surface area (TPSA) is 37.3 Å². The largest absolute Gasteiger partial charge is 0.507 e. The Labute approximate surface area is 83.6 Å². The van der Waals surface area contributed by atoms with Gasteiger partial charge in [-0.2, -0.15) is 0 Å². The average Bonchev–Trinajstić information content (AvgIpc) is 2.85. The van der Waals surface area contributed by atoms with Crippen molar-refractivity contribution in [3.63, 3.8) is 0 Å². The summed E-state index contributed by atoms with van der Waals surface area (Å²) < 4.78 is 0. The van der Waals surface area contributed by atoms with Crippen LogP contribution < -0.4 is 0 Å². The highest BCUT2D eigenvalue weighted by molar-refractivity contribution is 5.96. The number of phenols is 1. The molecule has 1 aliphatic carbocycles. The molecule has 0 saturated heterocycles. The van der Waals surface area contributed by atoms with E-state index in [2.05, 4.69) is 6.92 Å². The maximum absolute atomic E-state index is 11.2. The van der Waals surface area contributed by atoms with Gasteiger partial charge in [0.1, 0.15) is 5.75 Å². The lowest BCUT2D eigenvalue weighted by Crippen LogP contribution is -2.02. The molecule has 0 atom stereocenters. The minimum absolute atomic E-state index is 0.0754. The number of Topliss-reactive ketones (excluding diaryl/α,β-unsaturated/α-hetero) is 1. The molecule has 0 aliphatic heterocycles. The second kappa shape index (κ2) is 2.84. The molecule has 14 heavy (non-hydrogen) atoms. The highest BCUT2D eigenvalue weighted by atomic mass is 16.3. The van der Waals surface area contributed by atoms with Gasteiger partial charge in [0.2, 0.25) is 0 Å². The number of phenolic OH excluding ortho intramolecular Hbond substituents is 1. The van der Waals surface area contributed by atoms with Gasteiger partial charge in [0.05, 0.1) is 5.56 Å². The third-order valence-electron chi connectivity index (χ3n) is 3.07. The summed E-state index contributed by atoms with van der Waals surface area (Å²) in [5.41, 5.74) is 1.86. The van der Waals surface area contributed by atoms with Gasteiger partial charge in [-0.25, -0.2) is 0 Å². The molecule has 2 heteroatoms. The van der Waals surface area contributed by atoms with Gasteiger partial charge in [0.15, 0.2) is 5.78 Å². The number of hydrogen-bond donors (Lipinski definition) is 1. The van der Waals surface area contributed by atoms with Gasteiger partial charge >= 0.3 is 0 Å². The highest BCUT2D eigenvalue weighted by Crippen LogP contribution is 2.48. The van der Waals surface area contributed by atoms with Crippen molar-refractivity contribution in [2.45, 2.75) is 32.1 Å². The molecule has 2 nitrogen and oxygen atoms in total. The SMILES string of the molecule is CC(=O)c1cc(C2(C)CC2)ccc1O. The number of rotatable bonds is 2. The van der Waals surface area contributed by atoms with E-state index < -0.39 is 0 Å². The third-order valence-corrected chi connectivity index (χ3v) is 3.07. The van der Waals surface area contributed by atoms with E-state index in [1.54, 1.807) is 6.07 Å². The Balaban J connectivity index is 2.46. The van der Waals surface area contributed by atoms with Crippen LogP contribution >= 0.6 is 0 Å². The fraction of sp³-hybridized carbons (Fsp3) is 0.417. The molecule has 2 rings (SSSR count). The number of aromatic hydroxyl groups is 1. The van der Waals surface area contributed by atoms with Crippen LogP contribution in [0, 0.1) is 0 Å². The molecule has 0 heterocycles. The predicted octanol–water partition coefficient (Wildman–Crippen LogP) is 2.65. The zero-order chi connectivity index (χ0) is 10.3. The van der Waals surface area contributed by atoms with Crippen LogP contribution in [0.25, 0.3) is 0 Å². The van der Waals surface area contributed by atoms with Gasteiger partial charge in [-0.3, -0.25) is 4.79 Å². The van der Waals surface area contributed by atoms with Crippen molar-refractivity contribution < 1.29 is 9.90 Å². The Bertz CT molecular complexity index is 389. The molecular weight excluding hydrogens is 176 g/mol. The zero-order valence-electron chi connectivity index (χ0n) is 8.50. The molecule has 0 aromatic heterocycles. The Morgan fingerprint density at radius 2 is 2.07 bits per heavy atom. The summed E-state index contributed by atoms with van der Waals surface area (Å²) in [6.07, 6.45) is 2.35. The van der Waals surface area contributed by atoms with Crippen molar-refractivity contribution in [2.24, 2.45) is 0 Å². The van der Waals surface area contributed by atoms with E-state index in [1.165, 1.54) is 25.3 Å². The molecule has 1 aliphatic rings. The molecule has 1 fully saturated rings. The maximum Gasteiger partial charge on any atom is 0.163 e. The lowest BCUT2D eigenvalue weighted by Gasteiger charge is -2.10. The van der Waals surface area contributed by atoms with Crippen molar-refractivity contribution in [1.82, 2.24) is 0 Å². The normalized spacial score (nSPS) is 17.9.